The fourth-order valence-electron chi connectivity index (χ4n) is 1.50. The van der Waals surface area contributed by atoms with Gasteiger partial charge in [-0.25, -0.2) is 8.42 Å². The van der Waals surface area contributed by atoms with Crippen LogP contribution in [0.5, 0.6) is 0 Å². The summed E-state index contributed by atoms with van der Waals surface area (Å²) in [5, 5.41) is 6.27. The summed E-state index contributed by atoms with van der Waals surface area (Å²) >= 11 is 5.09. The predicted octanol–water partition coefficient (Wildman–Crippen LogP) is 1.29. The summed E-state index contributed by atoms with van der Waals surface area (Å²) in [5.74, 6) is 0.118. The third-order valence-electron chi connectivity index (χ3n) is 2.26. The van der Waals surface area contributed by atoms with E-state index in [-0.39, 0.29) is 11.5 Å². The topological polar surface area (TPSA) is 58.2 Å². The van der Waals surface area contributed by atoms with Gasteiger partial charge in [-0.1, -0.05) is 18.2 Å². The van der Waals surface area contributed by atoms with E-state index in [1.165, 1.54) is 0 Å². The summed E-state index contributed by atoms with van der Waals surface area (Å²) in [6, 6.07) is 9.46. The molecule has 2 rings (SSSR count). The van der Waals surface area contributed by atoms with Gasteiger partial charge in [-0.3, -0.25) is 0 Å². The monoisotopic (exact) mass is 268 g/mol. The van der Waals surface area contributed by atoms with Crippen LogP contribution in [0.2, 0.25) is 0 Å². The van der Waals surface area contributed by atoms with Crippen LogP contribution in [0.3, 0.4) is 0 Å². The van der Waals surface area contributed by atoms with Crippen molar-refractivity contribution in [3.05, 3.63) is 42.1 Å². The molecule has 0 unspecified atom stereocenters. The molecular formula is C11H12N2O2S2. The van der Waals surface area contributed by atoms with Crippen LogP contribution in [0, 0.1) is 0 Å². The van der Waals surface area contributed by atoms with Gasteiger partial charge in [0.2, 0.25) is 0 Å². The first-order valence-electron chi connectivity index (χ1n) is 5.08. The summed E-state index contributed by atoms with van der Waals surface area (Å²) in [5.41, 5.74) is 1.50. The van der Waals surface area contributed by atoms with Gasteiger partial charge in [-0.15, -0.1) is 0 Å². The van der Waals surface area contributed by atoms with E-state index >= 15 is 0 Å². The summed E-state index contributed by atoms with van der Waals surface area (Å²) in [6.45, 7) is 0. The number of hydrogen-bond acceptors (Lipinski definition) is 3. The summed E-state index contributed by atoms with van der Waals surface area (Å²) in [4.78, 5) is 0. The average molecular weight is 268 g/mol. The number of benzene rings is 1. The lowest BCUT2D eigenvalue weighted by atomic mass is 10.3. The maximum Gasteiger partial charge on any atom is 0.175 e. The molecule has 1 aromatic carbocycles. The molecule has 0 bridgehead atoms. The minimum atomic E-state index is -2.96. The number of para-hydroxylation sites is 1. The van der Waals surface area contributed by atoms with Crippen molar-refractivity contribution in [1.29, 1.82) is 0 Å². The van der Waals surface area contributed by atoms with Crippen LogP contribution in [-0.4, -0.2) is 25.0 Å². The third-order valence-corrected chi connectivity index (χ3v) is 3.89. The highest BCUT2D eigenvalue weighted by molar-refractivity contribution is 7.92. The van der Waals surface area contributed by atoms with Crippen LogP contribution in [-0.2, 0) is 9.84 Å². The average Bonchev–Trinajstić information content (AvgIpc) is 2.59. The normalized spacial score (nSPS) is 17.3. The van der Waals surface area contributed by atoms with Crippen molar-refractivity contribution in [3.63, 3.8) is 0 Å². The molecule has 17 heavy (non-hydrogen) atoms. The van der Waals surface area contributed by atoms with Gasteiger partial charge in [-0.05, 0) is 30.4 Å². The van der Waals surface area contributed by atoms with Gasteiger partial charge in [-0.2, -0.15) is 0 Å². The van der Waals surface area contributed by atoms with E-state index in [1.54, 1.807) is 6.08 Å². The quantitative estimate of drug-likeness (QED) is 0.791. The zero-order valence-electron chi connectivity index (χ0n) is 9.01. The van der Waals surface area contributed by atoms with Crippen LogP contribution >= 0.6 is 12.2 Å². The Kier molecular flexibility index (Phi) is 3.44. The van der Waals surface area contributed by atoms with Gasteiger partial charge in [0.25, 0.3) is 0 Å². The van der Waals surface area contributed by atoms with Crippen LogP contribution in [0.15, 0.2) is 42.1 Å². The highest BCUT2D eigenvalue weighted by Gasteiger charge is 2.20. The Morgan fingerprint density at radius 3 is 2.47 bits per heavy atom. The number of hydrogen-bond donors (Lipinski definition) is 2. The van der Waals surface area contributed by atoms with E-state index < -0.39 is 9.84 Å². The summed E-state index contributed by atoms with van der Waals surface area (Å²) in [7, 11) is -2.96. The molecule has 0 spiro atoms. The van der Waals surface area contributed by atoms with Gasteiger partial charge in [0.05, 0.1) is 11.5 Å². The molecule has 0 radical (unpaired) electrons. The first-order valence-corrected chi connectivity index (χ1v) is 7.31. The van der Waals surface area contributed by atoms with Crippen molar-refractivity contribution in [2.75, 3.05) is 16.8 Å². The number of nitrogens with one attached hydrogen (secondary N) is 2. The highest BCUT2D eigenvalue weighted by Crippen LogP contribution is 2.09. The summed E-state index contributed by atoms with van der Waals surface area (Å²) in [6.07, 6.45) is 1.65. The number of rotatable bonds is 2. The molecule has 90 valence electrons. The van der Waals surface area contributed by atoms with Crippen molar-refractivity contribution >= 4 is 32.9 Å². The third kappa shape index (κ3) is 3.54. The van der Waals surface area contributed by atoms with Crippen molar-refractivity contribution in [2.24, 2.45) is 0 Å². The smallest absolute Gasteiger partial charge is 0.175 e. The molecule has 4 nitrogen and oxygen atoms in total. The lowest BCUT2D eigenvalue weighted by Gasteiger charge is -2.10. The van der Waals surface area contributed by atoms with Gasteiger partial charge < -0.3 is 10.6 Å². The molecule has 0 aromatic heterocycles. The highest BCUT2D eigenvalue weighted by atomic mass is 32.2. The van der Waals surface area contributed by atoms with E-state index in [0.29, 0.717) is 10.8 Å². The Labute approximate surface area is 106 Å². The first kappa shape index (κ1) is 12.1. The van der Waals surface area contributed by atoms with Gasteiger partial charge in [0.15, 0.2) is 14.9 Å². The Bertz CT molecular complexity index is 550. The molecule has 0 saturated carbocycles. The minimum absolute atomic E-state index is 0.0314. The Morgan fingerprint density at radius 2 is 1.88 bits per heavy atom. The molecular weight excluding hydrogens is 256 g/mol. The van der Waals surface area contributed by atoms with Crippen LogP contribution in [0.25, 0.3) is 0 Å². The van der Waals surface area contributed by atoms with E-state index in [1.807, 2.05) is 30.3 Å². The zero-order valence-corrected chi connectivity index (χ0v) is 10.6. The van der Waals surface area contributed by atoms with Crippen molar-refractivity contribution < 1.29 is 8.42 Å². The second kappa shape index (κ2) is 4.85. The molecule has 1 aliphatic heterocycles. The van der Waals surface area contributed by atoms with Crippen molar-refractivity contribution in [3.8, 4) is 0 Å². The molecule has 0 saturated heterocycles. The first-order chi connectivity index (χ1) is 8.05. The van der Waals surface area contributed by atoms with Crippen LogP contribution < -0.4 is 10.6 Å². The fraction of sp³-hybridized carbons (Fsp3) is 0.182. The molecule has 0 aliphatic carbocycles. The minimum Gasteiger partial charge on any atom is -0.335 e. The standard InChI is InChI=1S/C11H12N2O2S2/c14-17(15)7-6-10(8-17)13-11(16)12-9-4-2-1-3-5-9/h1-6H,7-8H2,(H2,12,13,16). The molecule has 6 heteroatoms. The van der Waals surface area contributed by atoms with E-state index in [4.69, 9.17) is 12.2 Å². The Balaban J connectivity index is 1.91. The lowest BCUT2D eigenvalue weighted by Crippen LogP contribution is -2.28. The second-order valence-corrected chi connectivity index (χ2v) is 6.25. The number of sulfone groups is 1. The molecule has 1 heterocycles. The SMILES string of the molecule is O=S1(=O)CC=C(NC(=S)Nc2ccccc2)C1. The number of thiocarbonyl (C=S) groups is 1. The molecule has 1 aliphatic rings. The number of anilines is 1. The zero-order chi connectivity index (χ0) is 12.3. The van der Waals surface area contributed by atoms with Crippen LogP contribution in [0.1, 0.15) is 0 Å². The van der Waals surface area contributed by atoms with E-state index in [9.17, 15) is 8.42 Å². The van der Waals surface area contributed by atoms with E-state index in [2.05, 4.69) is 10.6 Å². The van der Waals surface area contributed by atoms with Crippen molar-refractivity contribution in [2.45, 2.75) is 0 Å². The predicted molar refractivity (Wildman–Crippen MR) is 72.5 cm³/mol. The molecule has 0 fully saturated rings. The van der Waals surface area contributed by atoms with Gasteiger partial charge in [0.1, 0.15) is 0 Å². The molecule has 1 aromatic rings. The molecule has 0 amide bonds. The maximum atomic E-state index is 11.2. The maximum absolute atomic E-state index is 11.2. The van der Waals surface area contributed by atoms with Crippen molar-refractivity contribution in [1.82, 2.24) is 5.32 Å². The van der Waals surface area contributed by atoms with E-state index in [0.717, 1.165) is 5.69 Å². The largest absolute Gasteiger partial charge is 0.335 e. The summed E-state index contributed by atoms with van der Waals surface area (Å²) < 4.78 is 22.5. The Morgan fingerprint density at radius 1 is 1.18 bits per heavy atom. The Hall–Kier alpha value is -1.40. The lowest BCUT2D eigenvalue weighted by molar-refractivity contribution is 0.603. The second-order valence-electron chi connectivity index (χ2n) is 3.73. The molecule has 2 N–H and O–H groups in total. The van der Waals surface area contributed by atoms with Gasteiger partial charge >= 0.3 is 0 Å². The van der Waals surface area contributed by atoms with Crippen LogP contribution in [0.4, 0.5) is 5.69 Å². The molecule has 0 atom stereocenters. The fourth-order valence-corrected chi connectivity index (χ4v) is 2.98. The van der Waals surface area contributed by atoms with Gasteiger partial charge in [0, 0.05) is 11.4 Å².